The van der Waals surface area contributed by atoms with Crippen LogP contribution in [0.15, 0.2) is 59.4 Å². The molecule has 0 spiro atoms. The highest BCUT2D eigenvalue weighted by atomic mass is 16.5. The first-order valence-electron chi connectivity index (χ1n) is 4.53. The molecule has 1 heterocycles. The van der Waals surface area contributed by atoms with Gasteiger partial charge in [-0.1, -0.05) is 30.3 Å². The Hall–Kier alpha value is -1.83. The number of benzene rings is 1. The quantitative estimate of drug-likeness (QED) is 0.694. The van der Waals surface area contributed by atoms with E-state index < -0.39 is 0 Å². The maximum atomic E-state index is 4.94. The number of hydrogen-bond donors (Lipinski definition) is 0. The summed E-state index contributed by atoms with van der Waals surface area (Å²) < 4.78 is 4.94. The Morgan fingerprint density at radius 2 is 2.00 bits per heavy atom. The van der Waals surface area contributed by atoms with E-state index in [2.05, 4.69) is 17.1 Å². The van der Waals surface area contributed by atoms with Crippen molar-refractivity contribution in [1.82, 2.24) is 0 Å². The zero-order chi connectivity index (χ0) is 9.64. The second-order valence-electron chi connectivity index (χ2n) is 3.02. The Bertz CT molecular complexity index is 377. The SMILES string of the molecule is C1=COC=NC(Cc2ccccc2)=C1. The second-order valence-corrected chi connectivity index (χ2v) is 3.02. The molecule has 1 aromatic carbocycles. The molecule has 1 aromatic rings. The first-order valence-corrected chi connectivity index (χ1v) is 4.53. The highest BCUT2D eigenvalue weighted by Gasteiger charge is 1.97. The second kappa shape index (κ2) is 4.42. The molecule has 0 saturated carbocycles. The standard InChI is InChI=1S/C12H11NO/c1-2-5-11(6-3-1)9-12-7-4-8-14-10-13-12/h1-8,10H,9H2. The molecule has 0 bridgehead atoms. The third-order valence-corrected chi connectivity index (χ3v) is 1.95. The molecule has 0 atom stereocenters. The van der Waals surface area contributed by atoms with Crippen LogP contribution in [0.2, 0.25) is 0 Å². The number of ether oxygens (including phenoxy) is 1. The van der Waals surface area contributed by atoms with Crippen molar-refractivity contribution in [3.63, 3.8) is 0 Å². The Labute approximate surface area is 83.2 Å². The average molecular weight is 185 g/mol. The van der Waals surface area contributed by atoms with Gasteiger partial charge < -0.3 is 4.74 Å². The molecule has 0 aliphatic carbocycles. The van der Waals surface area contributed by atoms with Gasteiger partial charge in [0.05, 0.1) is 6.26 Å². The Kier molecular flexibility index (Phi) is 2.76. The fourth-order valence-electron chi connectivity index (χ4n) is 1.28. The number of aliphatic imine (C=N–C) groups is 1. The largest absolute Gasteiger partial charge is 0.453 e. The molecule has 2 heteroatoms. The van der Waals surface area contributed by atoms with Gasteiger partial charge in [-0.2, -0.15) is 0 Å². The lowest BCUT2D eigenvalue weighted by atomic mass is 10.1. The summed E-state index contributed by atoms with van der Waals surface area (Å²) in [6, 6.07) is 10.3. The summed E-state index contributed by atoms with van der Waals surface area (Å²) in [5.74, 6) is 0. The minimum absolute atomic E-state index is 0.838. The molecule has 1 aliphatic rings. The van der Waals surface area contributed by atoms with Crippen molar-refractivity contribution in [2.24, 2.45) is 4.99 Å². The summed E-state index contributed by atoms with van der Waals surface area (Å²) >= 11 is 0. The molecule has 1 aliphatic heterocycles. The predicted octanol–water partition coefficient (Wildman–Crippen LogP) is 2.69. The molecule has 0 radical (unpaired) electrons. The van der Waals surface area contributed by atoms with Gasteiger partial charge in [0.25, 0.3) is 0 Å². The van der Waals surface area contributed by atoms with E-state index in [0.717, 1.165) is 12.1 Å². The van der Waals surface area contributed by atoms with Crippen molar-refractivity contribution >= 4 is 6.40 Å². The van der Waals surface area contributed by atoms with Crippen LogP contribution in [0, 0.1) is 0 Å². The van der Waals surface area contributed by atoms with E-state index in [1.165, 1.54) is 12.0 Å². The lowest BCUT2D eigenvalue weighted by Gasteiger charge is -1.99. The predicted molar refractivity (Wildman–Crippen MR) is 56.9 cm³/mol. The van der Waals surface area contributed by atoms with E-state index in [1.54, 1.807) is 6.26 Å². The van der Waals surface area contributed by atoms with Gasteiger partial charge in [0.2, 0.25) is 0 Å². The lowest BCUT2D eigenvalue weighted by molar-refractivity contribution is 0.495. The minimum atomic E-state index is 0.838. The highest BCUT2D eigenvalue weighted by molar-refractivity contribution is 5.51. The zero-order valence-corrected chi connectivity index (χ0v) is 7.76. The fraction of sp³-hybridized carbons (Fsp3) is 0.0833. The van der Waals surface area contributed by atoms with Crippen LogP contribution in [0.1, 0.15) is 5.56 Å². The molecule has 70 valence electrons. The third-order valence-electron chi connectivity index (χ3n) is 1.95. The van der Waals surface area contributed by atoms with E-state index in [1.807, 2.05) is 30.4 Å². The molecular formula is C12H11NO. The number of nitrogens with zero attached hydrogens (tertiary/aromatic N) is 1. The first-order chi connectivity index (χ1) is 6.95. The molecule has 0 saturated heterocycles. The van der Waals surface area contributed by atoms with Crippen molar-refractivity contribution in [2.75, 3.05) is 0 Å². The molecule has 14 heavy (non-hydrogen) atoms. The molecule has 0 amide bonds. The molecular weight excluding hydrogens is 174 g/mol. The van der Waals surface area contributed by atoms with Gasteiger partial charge in [0.15, 0.2) is 6.40 Å². The van der Waals surface area contributed by atoms with E-state index >= 15 is 0 Å². The van der Waals surface area contributed by atoms with Crippen molar-refractivity contribution in [1.29, 1.82) is 0 Å². The summed E-state index contributed by atoms with van der Waals surface area (Å²) in [4.78, 5) is 4.17. The molecule has 0 unspecified atom stereocenters. The Morgan fingerprint density at radius 1 is 1.14 bits per heavy atom. The van der Waals surface area contributed by atoms with Crippen molar-refractivity contribution in [3.05, 3.63) is 60.0 Å². The van der Waals surface area contributed by atoms with Gasteiger partial charge in [-0.05, 0) is 17.7 Å². The zero-order valence-electron chi connectivity index (χ0n) is 7.76. The van der Waals surface area contributed by atoms with Crippen LogP contribution in [-0.4, -0.2) is 6.40 Å². The topological polar surface area (TPSA) is 21.6 Å². The highest BCUT2D eigenvalue weighted by Crippen LogP contribution is 2.10. The number of allylic oxidation sites excluding steroid dienone is 3. The van der Waals surface area contributed by atoms with Crippen LogP contribution in [0.25, 0.3) is 0 Å². The molecule has 0 N–H and O–H groups in total. The summed E-state index contributed by atoms with van der Waals surface area (Å²) in [5.41, 5.74) is 2.26. The van der Waals surface area contributed by atoms with Gasteiger partial charge in [-0.15, -0.1) is 0 Å². The maximum absolute atomic E-state index is 4.94. The smallest absolute Gasteiger partial charge is 0.180 e. The minimum Gasteiger partial charge on any atom is -0.453 e. The van der Waals surface area contributed by atoms with Crippen LogP contribution in [0.3, 0.4) is 0 Å². The lowest BCUT2D eigenvalue weighted by Crippen LogP contribution is -1.87. The van der Waals surface area contributed by atoms with Gasteiger partial charge in [-0.25, -0.2) is 4.99 Å². The summed E-state index contributed by atoms with van der Waals surface area (Å²) in [5, 5.41) is 0. The van der Waals surface area contributed by atoms with Crippen LogP contribution in [-0.2, 0) is 11.2 Å². The van der Waals surface area contributed by atoms with Crippen LogP contribution in [0.4, 0.5) is 0 Å². The molecule has 2 nitrogen and oxygen atoms in total. The van der Waals surface area contributed by atoms with E-state index in [4.69, 9.17) is 4.74 Å². The normalized spacial score (nSPS) is 14.4. The van der Waals surface area contributed by atoms with E-state index in [-0.39, 0.29) is 0 Å². The van der Waals surface area contributed by atoms with Crippen LogP contribution in [0.5, 0.6) is 0 Å². The van der Waals surface area contributed by atoms with Gasteiger partial charge in [0, 0.05) is 12.1 Å². The fourth-order valence-corrected chi connectivity index (χ4v) is 1.28. The average Bonchev–Trinajstić information content (AvgIpc) is 2.48. The monoisotopic (exact) mass is 185 g/mol. The van der Waals surface area contributed by atoms with E-state index in [0.29, 0.717) is 0 Å². The third kappa shape index (κ3) is 2.33. The number of hydrogen-bond acceptors (Lipinski definition) is 2. The number of rotatable bonds is 2. The van der Waals surface area contributed by atoms with Crippen LogP contribution < -0.4 is 0 Å². The maximum Gasteiger partial charge on any atom is 0.180 e. The Balaban J connectivity index is 2.11. The van der Waals surface area contributed by atoms with E-state index in [9.17, 15) is 0 Å². The summed E-state index contributed by atoms with van der Waals surface area (Å²) in [6.45, 7) is 0. The van der Waals surface area contributed by atoms with Crippen molar-refractivity contribution in [3.8, 4) is 0 Å². The van der Waals surface area contributed by atoms with Crippen molar-refractivity contribution < 1.29 is 4.74 Å². The first kappa shape index (κ1) is 8.75. The molecule has 2 rings (SSSR count). The van der Waals surface area contributed by atoms with Gasteiger partial charge in [-0.3, -0.25) is 0 Å². The Morgan fingerprint density at radius 3 is 2.86 bits per heavy atom. The molecule has 0 fully saturated rings. The molecule has 0 aromatic heterocycles. The summed E-state index contributed by atoms with van der Waals surface area (Å²) in [6.07, 6.45) is 7.71. The summed E-state index contributed by atoms with van der Waals surface area (Å²) in [7, 11) is 0. The van der Waals surface area contributed by atoms with Gasteiger partial charge in [0.1, 0.15) is 0 Å². The van der Waals surface area contributed by atoms with Crippen molar-refractivity contribution in [2.45, 2.75) is 6.42 Å². The van der Waals surface area contributed by atoms with Crippen LogP contribution >= 0.6 is 0 Å². The van der Waals surface area contributed by atoms with Gasteiger partial charge >= 0.3 is 0 Å².